The molecule has 0 aliphatic carbocycles. The number of amides is 1. The maximum Gasteiger partial charge on any atom is 0.220 e. The van der Waals surface area contributed by atoms with E-state index in [4.69, 9.17) is 18.9 Å². The number of carbonyl (C=O) groups excluding carboxylic acids is 1. The van der Waals surface area contributed by atoms with Crippen molar-refractivity contribution in [2.24, 2.45) is 0 Å². The first-order valence-electron chi connectivity index (χ1n) is 38.5. The van der Waals surface area contributed by atoms with Crippen molar-refractivity contribution < 1.29 is 64.6 Å². The Hall–Kier alpha value is -2.31. The molecule has 0 aromatic carbocycles. The van der Waals surface area contributed by atoms with Crippen molar-refractivity contribution in [2.45, 2.75) is 408 Å². The first-order chi connectivity index (χ1) is 45.1. The molecule has 12 unspecified atom stereocenters. The summed E-state index contributed by atoms with van der Waals surface area (Å²) in [6.07, 6.45) is 67.2. The van der Waals surface area contributed by atoms with Gasteiger partial charge in [0.15, 0.2) is 12.6 Å². The summed E-state index contributed by atoms with van der Waals surface area (Å²) in [6.45, 7) is 2.74. The highest BCUT2D eigenvalue weighted by atomic mass is 16.7. The van der Waals surface area contributed by atoms with Crippen LogP contribution in [0.1, 0.15) is 335 Å². The number of aliphatic hydroxyl groups excluding tert-OH is 8. The topological polar surface area (TPSA) is 228 Å². The summed E-state index contributed by atoms with van der Waals surface area (Å²) in [6, 6.07) is -0.916. The molecule has 2 saturated heterocycles. The first-order valence-corrected chi connectivity index (χ1v) is 38.5. The lowest BCUT2D eigenvalue weighted by atomic mass is 9.97. The van der Waals surface area contributed by atoms with E-state index in [9.17, 15) is 45.6 Å². The third kappa shape index (κ3) is 45.2. The van der Waals surface area contributed by atoms with Crippen molar-refractivity contribution in [1.29, 1.82) is 0 Å². The minimum Gasteiger partial charge on any atom is -0.394 e. The third-order valence-electron chi connectivity index (χ3n) is 18.7. The van der Waals surface area contributed by atoms with E-state index in [1.165, 1.54) is 244 Å². The van der Waals surface area contributed by atoms with Crippen LogP contribution in [0.25, 0.3) is 0 Å². The van der Waals surface area contributed by atoms with Crippen molar-refractivity contribution in [3.05, 3.63) is 60.8 Å². The van der Waals surface area contributed by atoms with Gasteiger partial charge in [0.05, 0.1) is 32.0 Å². The van der Waals surface area contributed by atoms with Gasteiger partial charge in [-0.05, 0) is 57.8 Å². The van der Waals surface area contributed by atoms with Gasteiger partial charge < -0.3 is 65.1 Å². The first kappa shape index (κ1) is 85.8. The molecule has 0 radical (unpaired) electrons. The van der Waals surface area contributed by atoms with E-state index in [2.05, 4.69) is 67.8 Å². The summed E-state index contributed by atoms with van der Waals surface area (Å²) in [4.78, 5) is 13.4. The Labute approximate surface area is 562 Å². The lowest BCUT2D eigenvalue weighted by Crippen LogP contribution is -2.65. The fourth-order valence-corrected chi connectivity index (χ4v) is 12.6. The van der Waals surface area contributed by atoms with Crippen LogP contribution in [0, 0.1) is 0 Å². The average Bonchev–Trinajstić information content (AvgIpc) is 0.829. The Morgan fingerprint density at radius 3 is 1.15 bits per heavy atom. The van der Waals surface area contributed by atoms with Crippen LogP contribution < -0.4 is 5.32 Å². The second-order valence-corrected chi connectivity index (χ2v) is 27.1. The fraction of sp³-hybridized carbons (Fsp3) is 0.859. The largest absolute Gasteiger partial charge is 0.394 e. The smallest absolute Gasteiger partial charge is 0.220 e. The molecular formula is C78H143NO13. The van der Waals surface area contributed by atoms with E-state index in [-0.39, 0.29) is 18.9 Å². The Morgan fingerprint density at radius 2 is 0.750 bits per heavy atom. The molecule has 0 aromatic heterocycles. The van der Waals surface area contributed by atoms with Crippen LogP contribution in [0.2, 0.25) is 0 Å². The lowest BCUT2D eigenvalue weighted by molar-refractivity contribution is -0.359. The Bertz CT molecular complexity index is 1780. The van der Waals surface area contributed by atoms with Gasteiger partial charge in [0.2, 0.25) is 5.91 Å². The quantitative estimate of drug-likeness (QED) is 0.0204. The molecule has 0 aromatic rings. The van der Waals surface area contributed by atoms with Crippen LogP contribution in [0.3, 0.4) is 0 Å². The van der Waals surface area contributed by atoms with E-state index in [1.54, 1.807) is 6.08 Å². The predicted octanol–water partition coefficient (Wildman–Crippen LogP) is 16.8. The van der Waals surface area contributed by atoms with Gasteiger partial charge in [-0.15, -0.1) is 0 Å². The van der Waals surface area contributed by atoms with E-state index in [1.807, 2.05) is 6.08 Å². The molecule has 14 heteroatoms. The zero-order valence-corrected chi connectivity index (χ0v) is 58.8. The van der Waals surface area contributed by atoms with Gasteiger partial charge >= 0.3 is 0 Å². The molecule has 2 aliphatic rings. The number of allylic oxidation sites excluding steroid dienone is 9. The van der Waals surface area contributed by atoms with Crippen molar-refractivity contribution in [1.82, 2.24) is 5.32 Å². The molecular weight excluding hydrogens is 1160 g/mol. The van der Waals surface area contributed by atoms with Crippen molar-refractivity contribution in [3.8, 4) is 0 Å². The summed E-state index contributed by atoms with van der Waals surface area (Å²) in [5, 5.41) is 87.6. The maximum absolute atomic E-state index is 13.4. The molecule has 92 heavy (non-hydrogen) atoms. The van der Waals surface area contributed by atoms with Gasteiger partial charge in [0, 0.05) is 6.42 Å². The SMILES string of the molecule is CC/C=C\C/C=C\C/C=C\C/C=C\CCCCCCCCCCCCCCCCCCCCCCC(=O)NC(COC1OC(CO)C(OC2OC(CO)C(O)C(O)C2O)C(O)C1O)C(O)/C=C/CCCCCCCCCCCCCCCCCCCCCCCCC. The molecule has 2 rings (SSSR count). The van der Waals surface area contributed by atoms with Gasteiger partial charge in [0.1, 0.15) is 48.8 Å². The van der Waals surface area contributed by atoms with E-state index < -0.39 is 86.8 Å². The van der Waals surface area contributed by atoms with E-state index in [0.29, 0.717) is 6.42 Å². The highest BCUT2D eigenvalue weighted by molar-refractivity contribution is 5.76. The molecule has 12 atom stereocenters. The number of hydrogen-bond acceptors (Lipinski definition) is 13. The molecule has 9 N–H and O–H groups in total. The van der Waals surface area contributed by atoms with Gasteiger partial charge in [-0.2, -0.15) is 0 Å². The second-order valence-electron chi connectivity index (χ2n) is 27.1. The van der Waals surface area contributed by atoms with Crippen LogP contribution >= 0.6 is 0 Å². The molecule has 0 spiro atoms. The summed E-state index contributed by atoms with van der Waals surface area (Å²) in [5.41, 5.74) is 0. The summed E-state index contributed by atoms with van der Waals surface area (Å²) < 4.78 is 22.9. The number of rotatable bonds is 64. The van der Waals surface area contributed by atoms with Gasteiger partial charge in [-0.3, -0.25) is 4.79 Å². The molecule has 0 saturated carbocycles. The van der Waals surface area contributed by atoms with Gasteiger partial charge in [-0.1, -0.05) is 331 Å². The fourth-order valence-electron chi connectivity index (χ4n) is 12.6. The number of hydrogen-bond donors (Lipinski definition) is 9. The highest BCUT2D eigenvalue weighted by Gasteiger charge is 2.51. The molecule has 2 aliphatic heterocycles. The molecule has 0 bridgehead atoms. The molecule has 538 valence electrons. The van der Waals surface area contributed by atoms with Crippen LogP contribution in [0.15, 0.2) is 60.8 Å². The van der Waals surface area contributed by atoms with Crippen LogP contribution in [-0.4, -0.2) is 140 Å². The molecule has 14 nitrogen and oxygen atoms in total. The van der Waals surface area contributed by atoms with Crippen molar-refractivity contribution in [3.63, 3.8) is 0 Å². The number of aliphatic hydroxyl groups is 8. The summed E-state index contributed by atoms with van der Waals surface area (Å²) in [7, 11) is 0. The number of ether oxygens (including phenoxy) is 4. The van der Waals surface area contributed by atoms with E-state index >= 15 is 0 Å². The number of unbranched alkanes of at least 4 members (excludes halogenated alkanes) is 43. The number of carbonyl (C=O) groups is 1. The standard InChI is InChI=1S/C78H143NO13/c1-3-5-7-9-11-13-15-17-19-21-23-25-27-29-30-31-32-33-34-35-36-38-40-42-44-46-48-50-52-54-56-58-60-62-70(83)79-66(65-89-77-75(88)73(86)76(69(64-81)91-77)92-78-74(87)72(85)71(84)68(63-80)90-78)67(82)61-59-57-55-53-51-49-47-45-43-41-39-37-28-26-24-22-20-18-16-14-12-10-8-6-4-2/h5,7,11,13,17,19,23,25,59,61,66-69,71-78,80-82,84-88H,3-4,6,8-10,12,14-16,18,20-22,24,26-58,60,62-65H2,1-2H3,(H,79,83)/b7-5-,13-11-,19-17-,25-23-,61-59+. The van der Waals surface area contributed by atoms with E-state index in [0.717, 1.165) is 64.2 Å². The molecule has 2 fully saturated rings. The van der Waals surface area contributed by atoms with Crippen LogP contribution in [0.4, 0.5) is 0 Å². The zero-order valence-electron chi connectivity index (χ0n) is 58.8. The maximum atomic E-state index is 13.4. The van der Waals surface area contributed by atoms with Crippen LogP contribution in [0.5, 0.6) is 0 Å². The predicted molar refractivity (Wildman–Crippen MR) is 378 cm³/mol. The third-order valence-corrected chi connectivity index (χ3v) is 18.7. The highest BCUT2D eigenvalue weighted by Crippen LogP contribution is 2.30. The average molecular weight is 1300 g/mol. The molecule has 1 amide bonds. The van der Waals surface area contributed by atoms with Crippen molar-refractivity contribution >= 4 is 5.91 Å². The summed E-state index contributed by atoms with van der Waals surface area (Å²) >= 11 is 0. The Morgan fingerprint density at radius 1 is 0.402 bits per heavy atom. The number of nitrogens with one attached hydrogen (secondary N) is 1. The van der Waals surface area contributed by atoms with Crippen molar-refractivity contribution in [2.75, 3.05) is 19.8 Å². The summed E-state index contributed by atoms with van der Waals surface area (Å²) in [5.74, 6) is -0.234. The Kier molecular flexibility index (Phi) is 58.0. The minimum absolute atomic E-state index is 0.234. The zero-order chi connectivity index (χ0) is 66.6. The second kappa shape index (κ2) is 62.2. The molecule has 2 heterocycles. The minimum atomic E-state index is -1.79. The van der Waals surface area contributed by atoms with Gasteiger partial charge in [0.25, 0.3) is 0 Å². The lowest BCUT2D eigenvalue weighted by Gasteiger charge is -2.46. The normalized spacial score (nSPS) is 23.0. The Balaban J connectivity index is 1.63. The monoisotopic (exact) mass is 1300 g/mol. The van der Waals surface area contributed by atoms with Crippen LogP contribution in [-0.2, 0) is 23.7 Å². The van der Waals surface area contributed by atoms with Gasteiger partial charge in [-0.25, -0.2) is 0 Å².